The number of aromatic carboxylic acids is 1. The van der Waals surface area contributed by atoms with Crippen molar-refractivity contribution >= 4 is 45.1 Å². The summed E-state index contributed by atoms with van der Waals surface area (Å²) in [7, 11) is 0. The molecule has 0 spiro atoms. The van der Waals surface area contributed by atoms with Crippen molar-refractivity contribution in [1.29, 1.82) is 0 Å². The molecule has 5 nitrogen and oxygen atoms in total. The Labute approximate surface area is 140 Å². The first-order chi connectivity index (χ1) is 10.5. The topological polar surface area (TPSA) is 75.6 Å². The SMILES string of the molecule is O=C(COc1ccc(Cl)cc1Br)Nc1ccccc1C(=O)O. The van der Waals surface area contributed by atoms with E-state index in [-0.39, 0.29) is 17.9 Å². The van der Waals surface area contributed by atoms with Crippen molar-refractivity contribution in [1.82, 2.24) is 0 Å². The highest BCUT2D eigenvalue weighted by Crippen LogP contribution is 2.27. The van der Waals surface area contributed by atoms with Gasteiger partial charge in [0.2, 0.25) is 0 Å². The highest BCUT2D eigenvalue weighted by atomic mass is 79.9. The number of amides is 1. The van der Waals surface area contributed by atoms with E-state index in [1.54, 1.807) is 30.3 Å². The van der Waals surface area contributed by atoms with Gasteiger partial charge >= 0.3 is 5.97 Å². The van der Waals surface area contributed by atoms with Crippen molar-refractivity contribution in [2.75, 3.05) is 11.9 Å². The molecular weight excluding hydrogens is 374 g/mol. The second-order valence-electron chi connectivity index (χ2n) is 4.26. The molecule has 0 unspecified atom stereocenters. The Kier molecular flexibility index (Phi) is 5.41. The summed E-state index contributed by atoms with van der Waals surface area (Å²) in [5, 5.41) is 12.1. The van der Waals surface area contributed by atoms with Gasteiger partial charge in [-0.2, -0.15) is 0 Å². The van der Waals surface area contributed by atoms with Gasteiger partial charge in [0.1, 0.15) is 5.75 Å². The van der Waals surface area contributed by atoms with Gasteiger partial charge in [0.05, 0.1) is 15.7 Å². The van der Waals surface area contributed by atoms with Gasteiger partial charge in [0.25, 0.3) is 5.91 Å². The lowest BCUT2D eigenvalue weighted by molar-refractivity contribution is -0.118. The van der Waals surface area contributed by atoms with Gasteiger partial charge in [-0.05, 0) is 46.3 Å². The summed E-state index contributed by atoms with van der Waals surface area (Å²) >= 11 is 9.09. The van der Waals surface area contributed by atoms with Crippen molar-refractivity contribution in [2.45, 2.75) is 0 Å². The molecule has 7 heteroatoms. The van der Waals surface area contributed by atoms with E-state index in [1.807, 2.05) is 0 Å². The third-order valence-corrected chi connectivity index (χ3v) is 3.54. The molecule has 0 radical (unpaired) electrons. The van der Waals surface area contributed by atoms with Crippen LogP contribution in [0.5, 0.6) is 5.75 Å². The quantitative estimate of drug-likeness (QED) is 0.822. The number of ether oxygens (including phenoxy) is 1. The Balaban J connectivity index is 2.00. The smallest absolute Gasteiger partial charge is 0.337 e. The zero-order chi connectivity index (χ0) is 16.1. The number of carboxylic acid groups (broad SMARTS) is 1. The summed E-state index contributed by atoms with van der Waals surface area (Å²) in [5.41, 5.74) is 0.238. The standard InChI is InChI=1S/C15H11BrClNO4/c16-11-7-9(17)5-6-13(11)22-8-14(19)18-12-4-2-1-3-10(12)15(20)21/h1-7H,8H2,(H,18,19)(H,20,21). The fourth-order valence-corrected chi connectivity index (χ4v) is 2.50. The van der Waals surface area contributed by atoms with Gasteiger partial charge in [-0.3, -0.25) is 4.79 Å². The largest absolute Gasteiger partial charge is 0.483 e. The number of halogens is 2. The van der Waals surface area contributed by atoms with Crippen LogP contribution in [0.4, 0.5) is 5.69 Å². The van der Waals surface area contributed by atoms with E-state index in [0.29, 0.717) is 15.2 Å². The van der Waals surface area contributed by atoms with Crippen LogP contribution in [0.3, 0.4) is 0 Å². The molecule has 0 fully saturated rings. The van der Waals surface area contributed by atoms with Gasteiger partial charge in [0.15, 0.2) is 6.61 Å². The maximum Gasteiger partial charge on any atom is 0.337 e. The predicted octanol–water partition coefficient (Wildman–Crippen LogP) is 3.82. The highest BCUT2D eigenvalue weighted by Gasteiger charge is 2.12. The van der Waals surface area contributed by atoms with Crippen molar-refractivity contribution in [3.63, 3.8) is 0 Å². The van der Waals surface area contributed by atoms with Crippen LogP contribution in [0.25, 0.3) is 0 Å². The first kappa shape index (κ1) is 16.3. The molecule has 2 aromatic carbocycles. The van der Waals surface area contributed by atoms with Gasteiger partial charge in [0, 0.05) is 5.02 Å². The van der Waals surface area contributed by atoms with Crippen molar-refractivity contribution in [2.24, 2.45) is 0 Å². The molecule has 2 N–H and O–H groups in total. The zero-order valence-corrected chi connectivity index (χ0v) is 13.5. The fraction of sp³-hybridized carbons (Fsp3) is 0.0667. The molecule has 0 aliphatic heterocycles. The monoisotopic (exact) mass is 383 g/mol. The van der Waals surface area contributed by atoms with Crippen LogP contribution < -0.4 is 10.1 Å². The summed E-state index contributed by atoms with van der Waals surface area (Å²) in [6, 6.07) is 11.1. The Hall–Kier alpha value is -2.05. The summed E-state index contributed by atoms with van der Waals surface area (Å²) in [4.78, 5) is 22.9. The molecule has 22 heavy (non-hydrogen) atoms. The van der Waals surface area contributed by atoms with Crippen LogP contribution >= 0.6 is 27.5 Å². The van der Waals surface area contributed by atoms with E-state index in [9.17, 15) is 9.59 Å². The van der Waals surface area contributed by atoms with Crippen molar-refractivity contribution in [3.8, 4) is 5.75 Å². The minimum atomic E-state index is -1.11. The molecule has 0 heterocycles. The van der Waals surface area contributed by atoms with Gasteiger partial charge in [-0.25, -0.2) is 4.79 Å². The number of hydrogen-bond donors (Lipinski definition) is 2. The summed E-state index contributed by atoms with van der Waals surface area (Å²) in [5.74, 6) is -1.11. The number of carbonyl (C=O) groups excluding carboxylic acids is 1. The molecule has 0 aliphatic carbocycles. The van der Waals surface area contributed by atoms with Crippen LogP contribution in [0.15, 0.2) is 46.9 Å². The fourth-order valence-electron chi connectivity index (χ4n) is 1.70. The number of carbonyl (C=O) groups is 2. The van der Waals surface area contributed by atoms with Crippen LogP contribution in [0.1, 0.15) is 10.4 Å². The van der Waals surface area contributed by atoms with Gasteiger partial charge in [-0.15, -0.1) is 0 Å². The lowest BCUT2D eigenvalue weighted by Gasteiger charge is -2.10. The normalized spacial score (nSPS) is 10.1. The number of carboxylic acids is 1. The lowest BCUT2D eigenvalue weighted by atomic mass is 10.2. The molecule has 0 aromatic heterocycles. The number of benzene rings is 2. The zero-order valence-electron chi connectivity index (χ0n) is 11.2. The average Bonchev–Trinajstić information content (AvgIpc) is 2.46. The molecule has 1 amide bonds. The maximum atomic E-state index is 11.9. The van der Waals surface area contributed by atoms with Gasteiger partial charge < -0.3 is 15.2 Å². The Morgan fingerprint density at radius 2 is 1.95 bits per heavy atom. The summed E-state index contributed by atoms with van der Waals surface area (Å²) < 4.78 is 5.98. The number of anilines is 1. The lowest BCUT2D eigenvalue weighted by Crippen LogP contribution is -2.21. The molecular formula is C15H11BrClNO4. The third-order valence-electron chi connectivity index (χ3n) is 2.68. The van der Waals surface area contributed by atoms with E-state index in [0.717, 1.165) is 0 Å². The van der Waals surface area contributed by atoms with E-state index in [4.69, 9.17) is 21.4 Å². The first-order valence-corrected chi connectivity index (χ1v) is 7.34. The van der Waals surface area contributed by atoms with E-state index in [2.05, 4.69) is 21.2 Å². The summed E-state index contributed by atoms with van der Waals surface area (Å²) in [6.45, 7) is -0.256. The van der Waals surface area contributed by atoms with Crippen LogP contribution in [-0.4, -0.2) is 23.6 Å². The average molecular weight is 385 g/mol. The van der Waals surface area contributed by atoms with Crippen LogP contribution in [0, 0.1) is 0 Å². The van der Waals surface area contributed by atoms with E-state index < -0.39 is 11.9 Å². The van der Waals surface area contributed by atoms with E-state index >= 15 is 0 Å². The molecule has 0 saturated carbocycles. The number of hydrogen-bond acceptors (Lipinski definition) is 3. The highest BCUT2D eigenvalue weighted by molar-refractivity contribution is 9.10. The second-order valence-corrected chi connectivity index (χ2v) is 5.55. The summed E-state index contributed by atoms with van der Waals surface area (Å²) in [6.07, 6.45) is 0. The number of rotatable bonds is 5. The molecule has 0 bridgehead atoms. The molecule has 2 rings (SSSR count). The van der Waals surface area contributed by atoms with Gasteiger partial charge in [-0.1, -0.05) is 23.7 Å². The Bertz CT molecular complexity index is 720. The third kappa shape index (κ3) is 4.22. The molecule has 2 aromatic rings. The Morgan fingerprint density at radius 1 is 1.23 bits per heavy atom. The molecule has 0 atom stereocenters. The van der Waals surface area contributed by atoms with Crippen LogP contribution in [0.2, 0.25) is 5.02 Å². The first-order valence-electron chi connectivity index (χ1n) is 6.17. The second kappa shape index (κ2) is 7.29. The van der Waals surface area contributed by atoms with Crippen LogP contribution in [-0.2, 0) is 4.79 Å². The number of para-hydroxylation sites is 1. The molecule has 0 aliphatic rings. The number of nitrogens with one attached hydrogen (secondary N) is 1. The van der Waals surface area contributed by atoms with Crippen molar-refractivity contribution < 1.29 is 19.4 Å². The van der Waals surface area contributed by atoms with E-state index in [1.165, 1.54) is 12.1 Å². The minimum absolute atomic E-state index is 0.0172. The maximum absolute atomic E-state index is 11.9. The molecule has 0 saturated heterocycles. The van der Waals surface area contributed by atoms with Crippen molar-refractivity contribution in [3.05, 3.63) is 57.5 Å². The Morgan fingerprint density at radius 3 is 2.64 bits per heavy atom. The molecule has 114 valence electrons. The predicted molar refractivity (Wildman–Crippen MR) is 86.7 cm³/mol. The minimum Gasteiger partial charge on any atom is -0.483 e.